The maximum absolute atomic E-state index is 5.62. The zero-order valence-electron chi connectivity index (χ0n) is 11.3. The average molecular weight is 280 g/mol. The number of aromatic nitrogens is 2. The predicted octanol–water partition coefficient (Wildman–Crippen LogP) is 2.22. The first-order valence-corrected chi connectivity index (χ1v) is 7.70. The van der Waals surface area contributed by atoms with Crippen LogP contribution in [0, 0.1) is 6.92 Å². The van der Waals surface area contributed by atoms with Crippen LogP contribution in [0.15, 0.2) is 5.03 Å². The number of hydrogen-bond donors (Lipinski definition) is 2. The lowest BCUT2D eigenvalue weighted by molar-refractivity contribution is 0.127. The van der Waals surface area contributed by atoms with E-state index in [9.17, 15) is 0 Å². The Labute approximate surface area is 117 Å². The largest absolute Gasteiger partial charge is 0.377 e. The molecule has 1 aromatic heterocycles. The number of hydrogen-bond acceptors (Lipinski definition) is 6. The summed E-state index contributed by atoms with van der Waals surface area (Å²) in [6.07, 6.45) is 3.76. The van der Waals surface area contributed by atoms with Crippen LogP contribution < -0.4 is 11.3 Å². The van der Waals surface area contributed by atoms with Gasteiger partial charge in [0.1, 0.15) is 16.7 Å². The molecule has 1 saturated carbocycles. The summed E-state index contributed by atoms with van der Waals surface area (Å²) in [6.45, 7) is 5.00. The molecule has 0 amide bonds. The molecule has 6 heteroatoms. The van der Waals surface area contributed by atoms with Crippen LogP contribution in [0.2, 0.25) is 0 Å². The lowest BCUT2D eigenvalue weighted by Gasteiger charge is -2.16. The Kier molecular flexibility index (Phi) is 3.64. The summed E-state index contributed by atoms with van der Waals surface area (Å²) in [6, 6.07) is 0. The summed E-state index contributed by atoms with van der Waals surface area (Å²) in [4.78, 5) is 9.26. The molecular weight excluding hydrogens is 260 g/mol. The first-order chi connectivity index (χ1) is 9.19. The van der Waals surface area contributed by atoms with Gasteiger partial charge in [0.05, 0.1) is 6.10 Å². The number of nitrogens with two attached hydrogens (primary N) is 1. The number of rotatable bonds is 4. The second kappa shape index (κ2) is 5.26. The van der Waals surface area contributed by atoms with Crippen LogP contribution in [0.1, 0.15) is 43.5 Å². The molecule has 0 spiro atoms. The van der Waals surface area contributed by atoms with E-state index in [0.29, 0.717) is 11.2 Å². The van der Waals surface area contributed by atoms with E-state index in [-0.39, 0.29) is 6.10 Å². The molecule has 2 fully saturated rings. The smallest absolute Gasteiger partial charge is 0.147 e. The minimum atomic E-state index is 0.290. The fourth-order valence-corrected chi connectivity index (χ4v) is 3.49. The van der Waals surface area contributed by atoms with Crippen molar-refractivity contribution in [3.8, 4) is 0 Å². The molecule has 0 aromatic carbocycles. The van der Waals surface area contributed by atoms with Crippen molar-refractivity contribution in [2.24, 2.45) is 5.84 Å². The molecule has 2 atom stereocenters. The molecule has 2 aliphatic rings. The van der Waals surface area contributed by atoms with E-state index in [2.05, 4.69) is 17.3 Å². The molecule has 0 radical (unpaired) electrons. The lowest BCUT2D eigenvalue weighted by atomic mass is 10.3. The standard InChI is InChI=1S/C13H20N4OS/c1-7-11(17-14)15-12(9-3-4-9)16-13(7)19-10-5-6-18-8(10)2/h8-10H,3-6,14H2,1-2H3,(H,15,16,17). The van der Waals surface area contributed by atoms with Gasteiger partial charge in [0, 0.05) is 23.3 Å². The van der Waals surface area contributed by atoms with Crippen LogP contribution >= 0.6 is 11.8 Å². The van der Waals surface area contributed by atoms with Crippen LogP contribution in [-0.4, -0.2) is 27.9 Å². The number of nitrogens with one attached hydrogen (secondary N) is 1. The molecule has 1 aromatic rings. The zero-order valence-corrected chi connectivity index (χ0v) is 12.2. The van der Waals surface area contributed by atoms with Crippen LogP contribution in [0.3, 0.4) is 0 Å². The molecular formula is C13H20N4OS. The second-order valence-electron chi connectivity index (χ2n) is 5.30. The number of thioether (sulfide) groups is 1. The second-order valence-corrected chi connectivity index (χ2v) is 6.53. The maximum Gasteiger partial charge on any atom is 0.147 e. The van der Waals surface area contributed by atoms with Crippen molar-refractivity contribution in [2.45, 2.75) is 55.4 Å². The molecule has 1 aliphatic carbocycles. The third-order valence-electron chi connectivity index (χ3n) is 3.77. The Morgan fingerprint density at radius 2 is 2.11 bits per heavy atom. The number of ether oxygens (including phenoxy) is 1. The van der Waals surface area contributed by atoms with E-state index >= 15 is 0 Å². The van der Waals surface area contributed by atoms with Gasteiger partial charge in [0.25, 0.3) is 0 Å². The van der Waals surface area contributed by atoms with E-state index in [1.165, 1.54) is 12.8 Å². The highest BCUT2D eigenvalue weighted by Gasteiger charge is 2.30. The zero-order chi connectivity index (χ0) is 13.4. The summed E-state index contributed by atoms with van der Waals surface area (Å²) >= 11 is 1.80. The van der Waals surface area contributed by atoms with E-state index < -0.39 is 0 Å². The molecule has 2 unspecified atom stereocenters. The Morgan fingerprint density at radius 1 is 1.32 bits per heavy atom. The molecule has 104 valence electrons. The van der Waals surface area contributed by atoms with Crippen LogP contribution in [0.25, 0.3) is 0 Å². The van der Waals surface area contributed by atoms with E-state index in [1.807, 2.05) is 6.92 Å². The third kappa shape index (κ3) is 2.70. The van der Waals surface area contributed by atoms with Gasteiger partial charge < -0.3 is 10.2 Å². The first-order valence-electron chi connectivity index (χ1n) is 6.82. The van der Waals surface area contributed by atoms with Gasteiger partial charge in [-0.2, -0.15) is 0 Å². The van der Waals surface area contributed by atoms with E-state index in [0.717, 1.165) is 35.3 Å². The molecule has 2 heterocycles. The van der Waals surface area contributed by atoms with Gasteiger partial charge in [-0.05, 0) is 33.1 Å². The highest BCUT2D eigenvalue weighted by molar-refractivity contribution is 8.00. The topological polar surface area (TPSA) is 73.1 Å². The van der Waals surface area contributed by atoms with Gasteiger partial charge >= 0.3 is 0 Å². The molecule has 0 bridgehead atoms. The summed E-state index contributed by atoms with van der Waals surface area (Å²) in [5.74, 6) is 7.80. The average Bonchev–Trinajstić information content (AvgIpc) is 3.17. The monoisotopic (exact) mass is 280 g/mol. The van der Waals surface area contributed by atoms with Crippen molar-refractivity contribution in [1.82, 2.24) is 9.97 Å². The summed E-state index contributed by atoms with van der Waals surface area (Å²) in [5, 5.41) is 1.53. The van der Waals surface area contributed by atoms with Gasteiger partial charge in [-0.3, -0.25) is 0 Å². The summed E-state index contributed by atoms with van der Waals surface area (Å²) in [7, 11) is 0. The van der Waals surface area contributed by atoms with Gasteiger partial charge in [0.15, 0.2) is 0 Å². The Bertz CT molecular complexity index is 478. The van der Waals surface area contributed by atoms with Crippen LogP contribution in [0.5, 0.6) is 0 Å². The normalized spacial score (nSPS) is 26.7. The van der Waals surface area contributed by atoms with Gasteiger partial charge in [-0.1, -0.05) is 11.8 Å². The molecule has 3 rings (SSSR count). The highest BCUT2D eigenvalue weighted by atomic mass is 32.2. The molecule has 3 N–H and O–H groups in total. The van der Waals surface area contributed by atoms with E-state index in [4.69, 9.17) is 15.6 Å². The minimum Gasteiger partial charge on any atom is -0.377 e. The van der Waals surface area contributed by atoms with Gasteiger partial charge in [0.2, 0.25) is 0 Å². The third-order valence-corrected chi connectivity index (χ3v) is 5.31. The fraction of sp³-hybridized carbons (Fsp3) is 0.692. The Balaban J connectivity index is 1.87. The number of hydrazine groups is 1. The number of nitrogens with zero attached hydrogens (tertiary/aromatic N) is 2. The van der Waals surface area contributed by atoms with Gasteiger partial charge in [-0.15, -0.1) is 0 Å². The Hall–Kier alpha value is -0.850. The summed E-state index contributed by atoms with van der Waals surface area (Å²) < 4.78 is 5.62. The van der Waals surface area contributed by atoms with Crippen LogP contribution in [0.4, 0.5) is 5.82 Å². The quantitative estimate of drug-likeness (QED) is 0.500. The lowest BCUT2D eigenvalue weighted by Crippen LogP contribution is -2.16. The van der Waals surface area contributed by atoms with Gasteiger partial charge in [-0.25, -0.2) is 15.8 Å². The first kappa shape index (κ1) is 13.1. The predicted molar refractivity (Wildman–Crippen MR) is 76.2 cm³/mol. The maximum atomic E-state index is 5.62. The van der Waals surface area contributed by atoms with Crippen molar-refractivity contribution in [1.29, 1.82) is 0 Å². The van der Waals surface area contributed by atoms with Crippen molar-refractivity contribution >= 4 is 17.6 Å². The van der Waals surface area contributed by atoms with Crippen molar-refractivity contribution in [3.05, 3.63) is 11.4 Å². The molecule has 5 nitrogen and oxygen atoms in total. The molecule has 19 heavy (non-hydrogen) atoms. The van der Waals surface area contributed by atoms with Crippen molar-refractivity contribution in [3.63, 3.8) is 0 Å². The minimum absolute atomic E-state index is 0.290. The van der Waals surface area contributed by atoms with Crippen LogP contribution in [-0.2, 0) is 4.74 Å². The fourth-order valence-electron chi connectivity index (χ4n) is 2.30. The van der Waals surface area contributed by atoms with Crippen molar-refractivity contribution in [2.75, 3.05) is 12.0 Å². The SMILES string of the molecule is Cc1c(NN)nc(C2CC2)nc1SC1CCOC1C. The highest BCUT2D eigenvalue weighted by Crippen LogP contribution is 2.41. The Morgan fingerprint density at radius 3 is 2.68 bits per heavy atom. The summed E-state index contributed by atoms with van der Waals surface area (Å²) in [5.41, 5.74) is 3.74. The molecule has 1 saturated heterocycles. The number of nitrogen functional groups attached to an aromatic ring is 1. The number of anilines is 1. The molecule has 1 aliphatic heterocycles. The van der Waals surface area contributed by atoms with E-state index in [1.54, 1.807) is 11.8 Å². The van der Waals surface area contributed by atoms with Crippen molar-refractivity contribution < 1.29 is 4.74 Å².